The molecule has 0 spiro atoms. The first-order valence-electron chi connectivity index (χ1n) is 13.4. The van der Waals surface area contributed by atoms with E-state index in [-0.39, 0.29) is 21.7 Å². The number of allylic oxidation sites excluding steroid dienone is 3. The first kappa shape index (κ1) is 28.8. The van der Waals surface area contributed by atoms with Crippen molar-refractivity contribution in [3.8, 4) is 0 Å². The third-order valence-electron chi connectivity index (χ3n) is 8.09. The van der Waals surface area contributed by atoms with Gasteiger partial charge in [-0.15, -0.1) is 0 Å². The Morgan fingerprint density at radius 3 is 1.65 bits per heavy atom. The molecule has 0 unspecified atom stereocenters. The van der Waals surface area contributed by atoms with Crippen molar-refractivity contribution < 1.29 is 0 Å². The highest BCUT2D eigenvalue weighted by Crippen LogP contribution is 2.44. The molecule has 0 bridgehead atoms. The number of anilines is 2. The lowest BCUT2D eigenvalue weighted by Crippen LogP contribution is -2.28. The number of nitrogen functional groups attached to an aromatic ring is 2. The second kappa shape index (κ2) is 9.21. The number of aromatic nitrogens is 4. The summed E-state index contributed by atoms with van der Waals surface area (Å²) in [4.78, 5) is 17.9. The molecule has 2 aliphatic rings. The summed E-state index contributed by atoms with van der Waals surface area (Å²) in [6, 6.07) is 0. The molecule has 202 valence electrons. The molecule has 0 amide bonds. The number of nitrogens with zero attached hydrogens (tertiary/aromatic N) is 4. The molecule has 2 aliphatic carbocycles. The summed E-state index contributed by atoms with van der Waals surface area (Å²) < 4.78 is 0. The van der Waals surface area contributed by atoms with E-state index < -0.39 is 0 Å². The van der Waals surface area contributed by atoms with Gasteiger partial charge < -0.3 is 11.5 Å². The van der Waals surface area contributed by atoms with Crippen LogP contribution < -0.4 is 11.5 Å². The van der Waals surface area contributed by atoms with Gasteiger partial charge in [0.15, 0.2) is 0 Å². The van der Waals surface area contributed by atoms with Gasteiger partial charge in [-0.25, -0.2) is 19.9 Å². The maximum atomic E-state index is 5.91. The summed E-state index contributed by atoms with van der Waals surface area (Å²) >= 11 is 0. The van der Waals surface area contributed by atoms with Gasteiger partial charge in [-0.3, -0.25) is 0 Å². The molecule has 4 N–H and O–H groups in total. The zero-order chi connectivity index (χ0) is 28.3. The van der Waals surface area contributed by atoms with Crippen molar-refractivity contribution in [3.63, 3.8) is 0 Å². The molecule has 4 rings (SSSR count). The number of hydrogen-bond donors (Lipinski definition) is 2. The molecule has 2 heterocycles. The van der Waals surface area contributed by atoms with E-state index in [0.717, 1.165) is 35.6 Å². The van der Waals surface area contributed by atoms with Crippen LogP contribution in [0, 0.1) is 10.8 Å². The van der Waals surface area contributed by atoms with Crippen molar-refractivity contribution in [3.05, 3.63) is 45.0 Å². The fraction of sp³-hybridized carbons (Fsp3) is 0.613. The monoisotopic (exact) mass is 504 g/mol. The van der Waals surface area contributed by atoms with Gasteiger partial charge in [0.1, 0.15) is 0 Å². The average Bonchev–Trinajstić information content (AvgIpc) is 2.72. The summed E-state index contributed by atoms with van der Waals surface area (Å²) in [5.41, 5.74) is 22.8. The quantitative estimate of drug-likeness (QED) is 0.397. The van der Waals surface area contributed by atoms with E-state index in [1.54, 1.807) is 0 Å². The van der Waals surface area contributed by atoms with Crippen LogP contribution in [0.15, 0.2) is 11.1 Å². The molecule has 2 aromatic rings. The molecular weight excluding hydrogens is 456 g/mol. The first-order valence-corrected chi connectivity index (χ1v) is 13.4. The van der Waals surface area contributed by atoms with Crippen LogP contribution in [0.1, 0.15) is 124 Å². The number of rotatable bonds is 0. The van der Waals surface area contributed by atoms with Crippen LogP contribution in [-0.2, 0) is 23.7 Å². The Hall–Kier alpha value is -2.76. The van der Waals surface area contributed by atoms with E-state index >= 15 is 0 Å². The lowest BCUT2D eigenvalue weighted by molar-refractivity contribution is 0.426. The Balaban J connectivity index is 0.000000206. The topological polar surface area (TPSA) is 104 Å². The van der Waals surface area contributed by atoms with Crippen molar-refractivity contribution in [2.45, 2.75) is 114 Å². The van der Waals surface area contributed by atoms with Crippen LogP contribution in [0.2, 0.25) is 0 Å². The minimum absolute atomic E-state index is 0.00366. The first-order chi connectivity index (χ1) is 16.6. The molecule has 0 saturated carbocycles. The largest absolute Gasteiger partial charge is 0.368 e. The molecule has 0 saturated heterocycles. The third kappa shape index (κ3) is 5.73. The van der Waals surface area contributed by atoms with Crippen molar-refractivity contribution in [2.24, 2.45) is 10.8 Å². The number of fused-ring (bicyclic) bond motifs is 2. The fourth-order valence-corrected chi connectivity index (χ4v) is 5.27. The molecule has 0 radical (unpaired) electrons. The summed E-state index contributed by atoms with van der Waals surface area (Å²) in [6.07, 6.45) is 4.13. The minimum Gasteiger partial charge on any atom is -0.368 e. The van der Waals surface area contributed by atoms with E-state index in [0.29, 0.717) is 11.9 Å². The maximum Gasteiger partial charge on any atom is 0.220 e. The summed E-state index contributed by atoms with van der Waals surface area (Å²) in [7, 11) is 0. The Morgan fingerprint density at radius 2 is 1.14 bits per heavy atom. The molecule has 6 heteroatoms. The van der Waals surface area contributed by atoms with Gasteiger partial charge in [-0.05, 0) is 56.1 Å². The summed E-state index contributed by atoms with van der Waals surface area (Å²) in [5, 5.41) is 0. The molecular formula is C31H48N6. The highest BCUT2D eigenvalue weighted by Gasteiger charge is 2.35. The highest BCUT2D eigenvalue weighted by molar-refractivity contribution is 5.71. The average molecular weight is 505 g/mol. The van der Waals surface area contributed by atoms with Gasteiger partial charge in [0, 0.05) is 22.0 Å². The Labute approximate surface area is 224 Å². The maximum absolute atomic E-state index is 5.91. The molecule has 0 fully saturated rings. The van der Waals surface area contributed by atoms with E-state index in [2.05, 4.69) is 116 Å². The normalized spacial score (nSPS) is 18.4. The van der Waals surface area contributed by atoms with Gasteiger partial charge in [0.2, 0.25) is 11.9 Å². The smallest absolute Gasteiger partial charge is 0.220 e. The molecule has 0 aliphatic heterocycles. The molecule has 0 atom stereocenters. The molecule has 37 heavy (non-hydrogen) atoms. The van der Waals surface area contributed by atoms with E-state index in [9.17, 15) is 0 Å². The minimum atomic E-state index is -0.0112. The Morgan fingerprint density at radius 1 is 0.676 bits per heavy atom. The predicted octanol–water partition coefficient (Wildman–Crippen LogP) is 7.07. The second-order valence-electron chi connectivity index (χ2n) is 14.3. The number of hydrogen-bond acceptors (Lipinski definition) is 6. The van der Waals surface area contributed by atoms with Crippen molar-refractivity contribution in [2.75, 3.05) is 11.5 Å². The van der Waals surface area contributed by atoms with E-state index in [4.69, 9.17) is 11.5 Å². The lowest BCUT2D eigenvalue weighted by atomic mass is 9.70. The fourth-order valence-electron chi connectivity index (χ4n) is 5.27. The molecule has 0 aromatic carbocycles. The summed E-state index contributed by atoms with van der Waals surface area (Å²) in [6.45, 7) is 28.7. The van der Waals surface area contributed by atoms with E-state index in [1.807, 2.05) is 0 Å². The van der Waals surface area contributed by atoms with Crippen molar-refractivity contribution >= 4 is 23.5 Å². The van der Waals surface area contributed by atoms with Gasteiger partial charge in [-0.2, -0.15) is 0 Å². The van der Waals surface area contributed by atoms with Gasteiger partial charge in [0.05, 0.1) is 22.8 Å². The van der Waals surface area contributed by atoms with Crippen LogP contribution in [0.5, 0.6) is 0 Å². The highest BCUT2D eigenvalue weighted by atomic mass is 15.0. The van der Waals surface area contributed by atoms with Gasteiger partial charge in [-0.1, -0.05) is 80.4 Å². The Bertz CT molecular complexity index is 1280. The standard InChI is InChI=1S/C16H25N3.C15H23N3/c1-9-10(2)16(6,7)8-11-12(9)18-14(17)19-13(11)15(3,4)5;1-9-7-11-10(8-15(9,5)6)12(14(2,3)4)18-13(16)17-11/h8H2,1-7H3,(H2,17,18,19);7H,8H2,1-6H3,(H2,16,17,18). The number of nitrogens with two attached hydrogens (primary N) is 2. The van der Waals surface area contributed by atoms with Crippen molar-refractivity contribution in [1.82, 2.24) is 19.9 Å². The zero-order valence-corrected chi connectivity index (χ0v) is 25.4. The molecule has 2 aromatic heterocycles. The summed E-state index contributed by atoms with van der Waals surface area (Å²) in [5.74, 6) is 0.762. The predicted molar refractivity (Wildman–Crippen MR) is 157 cm³/mol. The van der Waals surface area contributed by atoms with Crippen LogP contribution in [0.3, 0.4) is 0 Å². The molecule has 6 nitrogen and oxygen atoms in total. The second-order valence-corrected chi connectivity index (χ2v) is 14.3. The lowest BCUT2D eigenvalue weighted by Gasteiger charge is -2.36. The SMILES string of the molecule is CC1=C(C)C(C)(C)Cc2c1nc(N)nc2C(C)(C)C.CC1=Cc2nc(N)nc(C(C)(C)C)c2CC1(C)C. The van der Waals surface area contributed by atoms with Crippen LogP contribution in [0.4, 0.5) is 11.9 Å². The third-order valence-corrected chi connectivity index (χ3v) is 8.09. The van der Waals surface area contributed by atoms with Crippen LogP contribution in [0.25, 0.3) is 11.6 Å². The van der Waals surface area contributed by atoms with Crippen LogP contribution >= 0.6 is 0 Å². The van der Waals surface area contributed by atoms with Crippen LogP contribution in [-0.4, -0.2) is 19.9 Å². The zero-order valence-electron chi connectivity index (χ0n) is 25.4. The van der Waals surface area contributed by atoms with E-state index in [1.165, 1.54) is 27.8 Å². The van der Waals surface area contributed by atoms with Gasteiger partial charge >= 0.3 is 0 Å². The van der Waals surface area contributed by atoms with Gasteiger partial charge in [0.25, 0.3) is 0 Å². The Kier molecular flexibility index (Phi) is 7.17. The van der Waals surface area contributed by atoms with Crippen molar-refractivity contribution in [1.29, 1.82) is 0 Å².